The van der Waals surface area contributed by atoms with Crippen LogP contribution in [0.4, 0.5) is 0 Å². The molecule has 0 aromatic heterocycles. The van der Waals surface area contributed by atoms with Crippen molar-refractivity contribution in [2.24, 2.45) is 5.41 Å². The topological polar surface area (TPSA) is 23.5 Å². The molecule has 3 heteroatoms. The molecule has 1 saturated carbocycles. The van der Waals surface area contributed by atoms with Crippen LogP contribution in [0.1, 0.15) is 58.8 Å². The lowest BCUT2D eigenvalue weighted by atomic mass is 9.75. The zero-order valence-electron chi connectivity index (χ0n) is 12.2. The minimum atomic E-state index is 0.277. The molecule has 0 unspecified atom stereocenters. The van der Waals surface area contributed by atoms with Gasteiger partial charge in [0.2, 0.25) is 0 Å². The standard InChI is InChI=1S/C15H31NOS/c1-3-14(4-2)16(10-11-17)12-15(13-18)8-6-5-7-9-15/h14,17-18H,3-13H2,1-2H3. The molecule has 108 valence electrons. The van der Waals surface area contributed by atoms with Crippen LogP contribution in [-0.2, 0) is 0 Å². The molecular formula is C15H31NOS. The van der Waals surface area contributed by atoms with Gasteiger partial charge in [0.25, 0.3) is 0 Å². The van der Waals surface area contributed by atoms with E-state index in [2.05, 4.69) is 31.4 Å². The Balaban J connectivity index is 2.66. The van der Waals surface area contributed by atoms with Gasteiger partial charge in [0.15, 0.2) is 0 Å². The van der Waals surface area contributed by atoms with Gasteiger partial charge in [-0.3, -0.25) is 4.90 Å². The summed E-state index contributed by atoms with van der Waals surface area (Å²) in [6.07, 6.45) is 9.10. The SMILES string of the molecule is CCC(CC)N(CCO)CC1(CS)CCCCC1. The van der Waals surface area contributed by atoms with Gasteiger partial charge >= 0.3 is 0 Å². The molecule has 0 saturated heterocycles. The van der Waals surface area contributed by atoms with E-state index in [4.69, 9.17) is 0 Å². The van der Waals surface area contributed by atoms with Crippen LogP contribution < -0.4 is 0 Å². The van der Waals surface area contributed by atoms with E-state index < -0.39 is 0 Å². The lowest BCUT2D eigenvalue weighted by Gasteiger charge is -2.42. The average molecular weight is 273 g/mol. The van der Waals surface area contributed by atoms with Gasteiger partial charge in [0.05, 0.1) is 6.61 Å². The van der Waals surface area contributed by atoms with Gasteiger partial charge in [-0.05, 0) is 36.9 Å². The Hall–Kier alpha value is 0.270. The first-order valence-electron chi connectivity index (χ1n) is 7.67. The van der Waals surface area contributed by atoms with E-state index in [1.54, 1.807) is 0 Å². The van der Waals surface area contributed by atoms with E-state index in [1.807, 2.05) is 0 Å². The molecule has 1 N–H and O–H groups in total. The van der Waals surface area contributed by atoms with Crippen LogP contribution in [0.2, 0.25) is 0 Å². The minimum absolute atomic E-state index is 0.277. The summed E-state index contributed by atoms with van der Waals surface area (Å²) in [4.78, 5) is 2.52. The molecule has 1 aliphatic rings. The molecule has 0 aliphatic heterocycles. The number of thiol groups is 1. The first-order valence-corrected chi connectivity index (χ1v) is 8.30. The number of aliphatic hydroxyl groups excluding tert-OH is 1. The summed E-state index contributed by atoms with van der Waals surface area (Å²) in [7, 11) is 0. The van der Waals surface area contributed by atoms with Crippen LogP contribution in [0.5, 0.6) is 0 Å². The van der Waals surface area contributed by atoms with Crippen molar-refractivity contribution in [1.82, 2.24) is 4.90 Å². The highest BCUT2D eigenvalue weighted by molar-refractivity contribution is 7.80. The Kier molecular flexibility index (Phi) is 7.66. The van der Waals surface area contributed by atoms with Crippen molar-refractivity contribution >= 4 is 12.6 Å². The van der Waals surface area contributed by atoms with E-state index in [-0.39, 0.29) is 6.61 Å². The fourth-order valence-electron chi connectivity index (χ4n) is 3.42. The molecule has 0 atom stereocenters. The van der Waals surface area contributed by atoms with Gasteiger partial charge in [-0.15, -0.1) is 0 Å². The monoisotopic (exact) mass is 273 g/mol. The van der Waals surface area contributed by atoms with Crippen LogP contribution in [0.25, 0.3) is 0 Å². The fourth-order valence-corrected chi connectivity index (χ4v) is 3.84. The van der Waals surface area contributed by atoms with E-state index >= 15 is 0 Å². The van der Waals surface area contributed by atoms with Crippen molar-refractivity contribution < 1.29 is 5.11 Å². The van der Waals surface area contributed by atoms with Crippen LogP contribution in [0.3, 0.4) is 0 Å². The van der Waals surface area contributed by atoms with E-state index in [1.165, 1.54) is 44.9 Å². The summed E-state index contributed by atoms with van der Waals surface area (Å²) < 4.78 is 0. The lowest BCUT2D eigenvalue weighted by Crippen LogP contribution is -2.46. The van der Waals surface area contributed by atoms with Crippen molar-refractivity contribution in [3.05, 3.63) is 0 Å². The summed E-state index contributed by atoms with van der Waals surface area (Å²) in [6, 6.07) is 0.621. The molecule has 0 radical (unpaired) electrons. The van der Waals surface area contributed by atoms with E-state index in [0.29, 0.717) is 11.5 Å². The summed E-state index contributed by atoms with van der Waals surface area (Å²) in [5.74, 6) is 0.995. The summed E-state index contributed by atoms with van der Waals surface area (Å²) in [6.45, 7) is 6.74. The quantitative estimate of drug-likeness (QED) is 0.663. The van der Waals surface area contributed by atoms with Crippen molar-refractivity contribution in [1.29, 1.82) is 0 Å². The highest BCUT2D eigenvalue weighted by atomic mass is 32.1. The number of nitrogens with zero attached hydrogens (tertiary/aromatic N) is 1. The van der Waals surface area contributed by atoms with Gasteiger partial charge < -0.3 is 5.11 Å². The number of hydrogen-bond donors (Lipinski definition) is 2. The number of rotatable bonds is 8. The van der Waals surface area contributed by atoms with Crippen molar-refractivity contribution in [3.63, 3.8) is 0 Å². The largest absolute Gasteiger partial charge is 0.395 e. The van der Waals surface area contributed by atoms with Crippen LogP contribution in [-0.4, -0.2) is 41.5 Å². The molecule has 0 amide bonds. The smallest absolute Gasteiger partial charge is 0.0558 e. The van der Waals surface area contributed by atoms with Crippen molar-refractivity contribution in [2.75, 3.05) is 25.4 Å². The van der Waals surface area contributed by atoms with Crippen LogP contribution in [0.15, 0.2) is 0 Å². The second kappa shape index (κ2) is 8.44. The third-order valence-electron chi connectivity index (χ3n) is 4.63. The number of aliphatic hydroxyl groups is 1. The van der Waals surface area contributed by atoms with Crippen molar-refractivity contribution in [2.45, 2.75) is 64.8 Å². The maximum atomic E-state index is 9.30. The molecule has 2 nitrogen and oxygen atoms in total. The van der Waals surface area contributed by atoms with E-state index in [9.17, 15) is 5.11 Å². The molecule has 1 fully saturated rings. The Morgan fingerprint density at radius 2 is 1.78 bits per heavy atom. The van der Waals surface area contributed by atoms with Crippen molar-refractivity contribution in [3.8, 4) is 0 Å². The lowest BCUT2D eigenvalue weighted by molar-refractivity contribution is 0.0722. The average Bonchev–Trinajstić information content (AvgIpc) is 2.41. The zero-order chi connectivity index (χ0) is 13.4. The maximum absolute atomic E-state index is 9.30. The molecule has 18 heavy (non-hydrogen) atoms. The van der Waals surface area contributed by atoms with Crippen LogP contribution >= 0.6 is 12.6 Å². The van der Waals surface area contributed by atoms with E-state index in [0.717, 1.165) is 18.8 Å². The predicted octanol–water partition coefficient (Wildman–Crippen LogP) is 3.35. The number of hydrogen-bond acceptors (Lipinski definition) is 3. The Bertz CT molecular complexity index is 213. The Labute approximate surface area is 119 Å². The second-order valence-corrected chi connectivity index (χ2v) is 6.20. The van der Waals surface area contributed by atoms with Gasteiger partial charge in [-0.25, -0.2) is 0 Å². The highest BCUT2D eigenvalue weighted by Crippen LogP contribution is 2.38. The summed E-state index contributed by atoms with van der Waals surface area (Å²) >= 11 is 4.63. The normalized spacial score (nSPS) is 19.7. The van der Waals surface area contributed by atoms with Crippen LogP contribution in [0, 0.1) is 5.41 Å². The first-order chi connectivity index (χ1) is 8.71. The molecule has 1 aliphatic carbocycles. The second-order valence-electron chi connectivity index (χ2n) is 5.88. The third kappa shape index (κ3) is 4.43. The van der Waals surface area contributed by atoms with Gasteiger partial charge in [-0.1, -0.05) is 33.1 Å². The van der Waals surface area contributed by atoms with Gasteiger partial charge in [-0.2, -0.15) is 12.6 Å². The minimum Gasteiger partial charge on any atom is -0.395 e. The summed E-state index contributed by atoms with van der Waals surface area (Å²) in [5.41, 5.74) is 0.402. The fraction of sp³-hybridized carbons (Fsp3) is 1.00. The first kappa shape index (κ1) is 16.3. The Morgan fingerprint density at radius 3 is 2.22 bits per heavy atom. The van der Waals surface area contributed by atoms with Gasteiger partial charge in [0.1, 0.15) is 0 Å². The molecule has 0 aromatic carbocycles. The molecule has 0 aromatic rings. The Morgan fingerprint density at radius 1 is 1.17 bits per heavy atom. The molecular weight excluding hydrogens is 242 g/mol. The highest BCUT2D eigenvalue weighted by Gasteiger charge is 2.33. The molecule has 0 heterocycles. The predicted molar refractivity (Wildman–Crippen MR) is 82.4 cm³/mol. The summed E-state index contributed by atoms with van der Waals surface area (Å²) in [5, 5.41) is 9.30. The van der Waals surface area contributed by atoms with Gasteiger partial charge in [0, 0.05) is 19.1 Å². The molecule has 0 bridgehead atoms. The zero-order valence-corrected chi connectivity index (χ0v) is 13.1. The molecule has 1 rings (SSSR count). The molecule has 0 spiro atoms. The third-order valence-corrected chi connectivity index (χ3v) is 5.31. The maximum Gasteiger partial charge on any atom is 0.0558 e.